The molecule has 2 saturated heterocycles. The number of carbonyl (C=O) groups excluding carboxylic acids is 4. The van der Waals surface area contributed by atoms with E-state index in [9.17, 15) is 19.2 Å². The summed E-state index contributed by atoms with van der Waals surface area (Å²) < 4.78 is 12.9. The second-order valence-electron chi connectivity index (χ2n) is 14.9. The Kier molecular flexibility index (Phi) is 11.6. The topological polar surface area (TPSA) is 144 Å². The molecule has 3 fully saturated rings. The van der Waals surface area contributed by atoms with Crippen LogP contribution in [0.2, 0.25) is 0 Å². The van der Waals surface area contributed by atoms with E-state index >= 15 is 0 Å². The lowest BCUT2D eigenvalue weighted by Crippen LogP contribution is -2.59. The molecule has 3 aliphatic rings. The van der Waals surface area contributed by atoms with Crippen LogP contribution in [0, 0.1) is 11.8 Å². The number of imidazole rings is 1. The van der Waals surface area contributed by atoms with Crippen molar-refractivity contribution < 1.29 is 28.7 Å². The minimum absolute atomic E-state index is 0.00412. The average molecular weight is 687 g/mol. The van der Waals surface area contributed by atoms with Crippen LogP contribution in [0.1, 0.15) is 77.5 Å². The number of nitrogens with zero attached hydrogens (tertiary/aromatic N) is 3. The summed E-state index contributed by atoms with van der Waals surface area (Å²) in [5.74, 6) is 0.0760. The lowest BCUT2D eigenvalue weighted by Gasteiger charge is -2.29. The van der Waals surface area contributed by atoms with Crippen molar-refractivity contribution in [3.05, 3.63) is 84.3 Å². The number of carbonyl (C=O) groups is 4. The van der Waals surface area contributed by atoms with E-state index in [1.165, 1.54) is 13.8 Å². The quantitative estimate of drug-likeness (QED) is 0.242. The van der Waals surface area contributed by atoms with Crippen molar-refractivity contribution in [1.82, 2.24) is 25.1 Å². The molecule has 3 N–H and O–H groups in total. The van der Waals surface area contributed by atoms with Gasteiger partial charge in [-0.05, 0) is 83.3 Å². The fraction of sp³-hybridized carbons (Fsp3) is 0.500. The number of benzene rings is 2. The van der Waals surface area contributed by atoms with Crippen LogP contribution >= 0.6 is 0 Å². The summed E-state index contributed by atoms with van der Waals surface area (Å²) in [4.78, 5) is 60.3. The van der Waals surface area contributed by atoms with E-state index in [0.29, 0.717) is 11.8 Å². The van der Waals surface area contributed by atoms with Gasteiger partial charge in [0.25, 0.3) is 5.91 Å². The molecule has 1 aliphatic carbocycles. The van der Waals surface area contributed by atoms with Gasteiger partial charge in [0.1, 0.15) is 23.2 Å². The minimum Gasteiger partial charge on any atom is -0.444 e. The number of ether oxygens (including phenoxy) is 2. The first-order valence-electron chi connectivity index (χ1n) is 17.4. The summed E-state index contributed by atoms with van der Waals surface area (Å²) >= 11 is 0. The van der Waals surface area contributed by atoms with Crippen LogP contribution in [0.3, 0.4) is 0 Å². The largest absolute Gasteiger partial charge is 0.444 e. The van der Waals surface area contributed by atoms with E-state index in [1.54, 1.807) is 37.9 Å². The van der Waals surface area contributed by atoms with E-state index in [4.69, 9.17) is 9.47 Å². The van der Waals surface area contributed by atoms with E-state index in [-0.39, 0.29) is 24.9 Å². The first kappa shape index (κ1) is 36.6. The number of hydrogen-bond acceptors (Lipinski definition) is 7. The first-order chi connectivity index (χ1) is 23.8. The number of amides is 4. The summed E-state index contributed by atoms with van der Waals surface area (Å²) in [6, 6.07) is 17.2. The number of alkyl carbamates (subject to hydrolysis) is 1. The van der Waals surface area contributed by atoms with E-state index in [1.807, 2.05) is 65.6 Å². The SMILES string of the molecule is CC(C)(C)OC(=O)NC(C)(C)C(=O)N[C@H](COCc1ccccc1)C(=O)Nc1cn(C(C(=O)N2CC3CCC(CC3)C2)c2ccccc2)cn1. The lowest BCUT2D eigenvalue weighted by molar-refractivity contribution is -0.134. The maximum atomic E-state index is 14.2. The normalized spacial score (nSPS) is 18.8. The number of nitrogens with one attached hydrogen (secondary N) is 3. The van der Waals surface area contributed by atoms with Gasteiger partial charge in [0.2, 0.25) is 11.8 Å². The zero-order valence-electron chi connectivity index (χ0n) is 29.7. The van der Waals surface area contributed by atoms with Crippen molar-refractivity contribution in [2.45, 2.75) is 90.1 Å². The third-order valence-electron chi connectivity index (χ3n) is 9.13. The standard InChI is InChI=1S/C38H50N6O6/c1-37(2,3)50-36(48)42-38(4,5)35(47)40-30(24-49-23-28-12-8-6-9-13-28)33(45)41-31-22-44(25-39-31)32(29-14-10-7-11-15-29)34(46)43-20-26-16-17-27(21-43)19-18-26/h6-15,22,25-27,30,32H,16-21,23-24H2,1-5H3,(H,40,47)(H,41,45)(H,42,48)/t26?,27?,30-,32?/m1/s1. The van der Waals surface area contributed by atoms with Gasteiger partial charge in [-0.3, -0.25) is 14.4 Å². The third kappa shape index (κ3) is 9.93. The Morgan fingerprint density at radius 3 is 2.08 bits per heavy atom. The van der Waals surface area contributed by atoms with Crippen molar-refractivity contribution in [3.63, 3.8) is 0 Å². The van der Waals surface area contributed by atoms with Crippen LogP contribution < -0.4 is 16.0 Å². The molecule has 0 spiro atoms. The van der Waals surface area contributed by atoms with E-state index < -0.39 is 41.1 Å². The smallest absolute Gasteiger partial charge is 0.408 e. The van der Waals surface area contributed by atoms with Crippen molar-refractivity contribution in [2.24, 2.45) is 11.8 Å². The Hall–Kier alpha value is -4.71. The summed E-state index contributed by atoms with van der Waals surface area (Å²) in [7, 11) is 0. The van der Waals surface area contributed by atoms with Crippen molar-refractivity contribution >= 4 is 29.6 Å². The number of rotatable bonds is 12. The van der Waals surface area contributed by atoms with Crippen LogP contribution in [-0.4, -0.2) is 75.1 Å². The highest BCUT2D eigenvalue weighted by atomic mass is 16.6. The molecule has 12 heteroatoms. The highest BCUT2D eigenvalue weighted by Gasteiger charge is 2.37. The third-order valence-corrected chi connectivity index (χ3v) is 9.13. The first-order valence-corrected chi connectivity index (χ1v) is 17.4. The predicted octanol–water partition coefficient (Wildman–Crippen LogP) is 5.06. The predicted molar refractivity (Wildman–Crippen MR) is 189 cm³/mol. The zero-order chi connectivity index (χ0) is 35.9. The summed E-state index contributed by atoms with van der Waals surface area (Å²) in [6.45, 7) is 9.77. The van der Waals surface area contributed by atoms with Crippen LogP contribution in [0.4, 0.5) is 10.6 Å². The molecule has 268 valence electrons. The van der Waals surface area contributed by atoms with Crippen molar-refractivity contribution in [3.8, 4) is 0 Å². The molecule has 4 amide bonds. The molecule has 3 heterocycles. The Labute approximate surface area is 294 Å². The van der Waals surface area contributed by atoms with Crippen LogP contribution in [0.5, 0.6) is 0 Å². The highest BCUT2D eigenvalue weighted by molar-refractivity contribution is 5.98. The zero-order valence-corrected chi connectivity index (χ0v) is 29.7. The van der Waals surface area contributed by atoms with Crippen molar-refractivity contribution in [2.75, 3.05) is 25.0 Å². The highest BCUT2D eigenvalue weighted by Crippen LogP contribution is 2.35. The van der Waals surface area contributed by atoms with Crippen LogP contribution in [0.15, 0.2) is 73.2 Å². The molecule has 6 rings (SSSR count). The van der Waals surface area contributed by atoms with Crippen molar-refractivity contribution in [1.29, 1.82) is 0 Å². The second kappa shape index (κ2) is 15.9. The number of hydrogen-bond donors (Lipinski definition) is 3. The molecule has 2 aromatic carbocycles. The number of fused-ring (bicyclic) bond motifs is 4. The van der Waals surface area contributed by atoms with Gasteiger partial charge in [0.15, 0.2) is 5.82 Å². The molecule has 0 radical (unpaired) electrons. The molecule has 12 nitrogen and oxygen atoms in total. The lowest BCUT2D eigenvalue weighted by atomic mass is 9.84. The molecule has 3 aromatic rings. The fourth-order valence-corrected chi connectivity index (χ4v) is 6.49. The second-order valence-corrected chi connectivity index (χ2v) is 14.9. The molecule has 1 aromatic heterocycles. The van der Waals surface area contributed by atoms with Gasteiger partial charge in [-0.2, -0.15) is 0 Å². The van der Waals surface area contributed by atoms with Gasteiger partial charge in [-0.25, -0.2) is 9.78 Å². The molecule has 2 aliphatic heterocycles. The molecule has 1 unspecified atom stereocenters. The molecule has 2 atom stereocenters. The van der Waals surface area contributed by atoms with Gasteiger partial charge >= 0.3 is 6.09 Å². The molecular formula is C38H50N6O6. The number of aromatic nitrogens is 2. The van der Waals surface area contributed by atoms with E-state index in [2.05, 4.69) is 20.9 Å². The number of anilines is 1. The Morgan fingerprint density at radius 1 is 0.880 bits per heavy atom. The summed E-state index contributed by atoms with van der Waals surface area (Å²) in [5, 5.41) is 8.10. The fourth-order valence-electron chi connectivity index (χ4n) is 6.49. The monoisotopic (exact) mass is 686 g/mol. The maximum absolute atomic E-state index is 14.2. The van der Waals surface area contributed by atoms with Gasteiger partial charge in [-0.1, -0.05) is 60.7 Å². The summed E-state index contributed by atoms with van der Waals surface area (Å²) in [6.07, 6.45) is 7.06. The molecular weight excluding hydrogens is 636 g/mol. The Bertz CT molecular complexity index is 1600. The molecule has 50 heavy (non-hydrogen) atoms. The molecule has 1 saturated carbocycles. The van der Waals surface area contributed by atoms with E-state index in [0.717, 1.165) is 49.9 Å². The minimum atomic E-state index is -1.42. The van der Waals surface area contributed by atoms with Gasteiger partial charge < -0.3 is 34.9 Å². The Morgan fingerprint density at radius 2 is 1.48 bits per heavy atom. The molecule has 2 bridgehead atoms. The van der Waals surface area contributed by atoms with Crippen LogP contribution in [0.25, 0.3) is 0 Å². The van der Waals surface area contributed by atoms with Crippen LogP contribution in [-0.2, 0) is 30.5 Å². The van der Waals surface area contributed by atoms with Gasteiger partial charge in [0, 0.05) is 19.3 Å². The maximum Gasteiger partial charge on any atom is 0.408 e. The van der Waals surface area contributed by atoms with Gasteiger partial charge in [0.05, 0.1) is 19.5 Å². The van der Waals surface area contributed by atoms with Gasteiger partial charge in [-0.15, -0.1) is 0 Å². The average Bonchev–Trinajstić information content (AvgIpc) is 3.28. The summed E-state index contributed by atoms with van der Waals surface area (Å²) in [5.41, 5.74) is -0.455. The Balaban J connectivity index is 1.32.